The summed E-state index contributed by atoms with van der Waals surface area (Å²) < 4.78 is 5.41. The van der Waals surface area contributed by atoms with Gasteiger partial charge in [0.2, 0.25) is 0 Å². The summed E-state index contributed by atoms with van der Waals surface area (Å²) in [6.07, 6.45) is 3.43. The number of methoxy groups -OCH3 is 1. The molecule has 0 heterocycles. The van der Waals surface area contributed by atoms with Gasteiger partial charge in [-0.3, -0.25) is 4.79 Å². The normalized spacial score (nSPS) is 10.6. The zero-order valence-electron chi connectivity index (χ0n) is 14.7. The van der Waals surface area contributed by atoms with Crippen molar-refractivity contribution in [1.29, 1.82) is 0 Å². The molecule has 0 aliphatic carbocycles. The topological polar surface area (TPSA) is 38.3 Å². The molecule has 0 spiro atoms. The van der Waals surface area contributed by atoms with Gasteiger partial charge in [-0.25, -0.2) is 0 Å². The molecule has 0 unspecified atom stereocenters. The SMILES string of the molecule is CCCCc1ccc(NC(=O)c2cc3ccccc3cc2OC)cc1. The lowest BCUT2D eigenvalue weighted by Crippen LogP contribution is -2.13. The molecule has 0 aliphatic heterocycles. The molecule has 1 N–H and O–H groups in total. The molecule has 3 nitrogen and oxygen atoms in total. The van der Waals surface area contributed by atoms with Gasteiger partial charge in [-0.05, 0) is 53.4 Å². The number of aryl methyl sites for hydroxylation is 1. The van der Waals surface area contributed by atoms with Gasteiger partial charge in [-0.15, -0.1) is 0 Å². The lowest BCUT2D eigenvalue weighted by atomic mass is 10.0. The number of amides is 1. The first kappa shape index (κ1) is 17.0. The Kier molecular flexibility index (Phi) is 5.34. The van der Waals surface area contributed by atoms with E-state index >= 15 is 0 Å². The van der Waals surface area contributed by atoms with E-state index in [0.717, 1.165) is 22.9 Å². The molecule has 0 aromatic heterocycles. The van der Waals surface area contributed by atoms with Gasteiger partial charge in [0, 0.05) is 5.69 Å². The molecule has 1 amide bonds. The quantitative estimate of drug-likeness (QED) is 0.652. The lowest BCUT2D eigenvalue weighted by molar-refractivity contribution is 0.102. The number of hydrogen-bond donors (Lipinski definition) is 1. The van der Waals surface area contributed by atoms with Gasteiger partial charge in [-0.2, -0.15) is 0 Å². The van der Waals surface area contributed by atoms with Crippen LogP contribution in [0.3, 0.4) is 0 Å². The van der Waals surface area contributed by atoms with Crippen LogP contribution in [0.25, 0.3) is 10.8 Å². The van der Waals surface area contributed by atoms with E-state index in [1.165, 1.54) is 18.4 Å². The summed E-state index contributed by atoms with van der Waals surface area (Å²) in [5, 5.41) is 5.03. The van der Waals surface area contributed by atoms with E-state index in [0.29, 0.717) is 11.3 Å². The van der Waals surface area contributed by atoms with Crippen molar-refractivity contribution in [2.45, 2.75) is 26.2 Å². The smallest absolute Gasteiger partial charge is 0.259 e. The minimum absolute atomic E-state index is 0.163. The monoisotopic (exact) mass is 333 g/mol. The Balaban J connectivity index is 1.81. The van der Waals surface area contributed by atoms with Gasteiger partial charge < -0.3 is 10.1 Å². The number of ether oxygens (including phenoxy) is 1. The number of carbonyl (C=O) groups is 1. The number of unbranched alkanes of at least 4 members (excludes halogenated alkanes) is 1. The minimum Gasteiger partial charge on any atom is -0.496 e. The van der Waals surface area contributed by atoms with Crippen LogP contribution in [-0.4, -0.2) is 13.0 Å². The van der Waals surface area contributed by atoms with Crippen molar-refractivity contribution in [3.05, 3.63) is 71.8 Å². The number of anilines is 1. The van der Waals surface area contributed by atoms with Crippen LogP contribution in [-0.2, 0) is 6.42 Å². The fourth-order valence-electron chi connectivity index (χ4n) is 2.90. The number of nitrogens with one attached hydrogen (secondary N) is 1. The molecule has 3 heteroatoms. The third-order valence-electron chi connectivity index (χ3n) is 4.34. The van der Waals surface area contributed by atoms with Gasteiger partial charge in [-0.1, -0.05) is 49.7 Å². The number of hydrogen-bond acceptors (Lipinski definition) is 2. The highest BCUT2D eigenvalue weighted by Gasteiger charge is 2.14. The Morgan fingerprint density at radius 3 is 2.32 bits per heavy atom. The second-order valence-electron chi connectivity index (χ2n) is 6.15. The molecule has 0 saturated carbocycles. The summed E-state index contributed by atoms with van der Waals surface area (Å²) >= 11 is 0. The summed E-state index contributed by atoms with van der Waals surface area (Å²) in [6.45, 7) is 2.19. The van der Waals surface area contributed by atoms with Gasteiger partial charge in [0.25, 0.3) is 5.91 Å². The summed E-state index contributed by atoms with van der Waals surface area (Å²) in [4.78, 5) is 12.7. The highest BCUT2D eigenvalue weighted by atomic mass is 16.5. The Hall–Kier alpha value is -2.81. The Morgan fingerprint density at radius 1 is 1.00 bits per heavy atom. The van der Waals surface area contributed by atoms with E-state index in [1.807, 2.05) is 48.5 Å². The van der Waals surface area contributed by atoms with E-state index in [9.17, 15) is 4.79 Å². The summed E-state index contributed by atoms with van der Waals surface area (Å²) in [5.74, 6) is 0.416. The molecule has 25 heavy (non-hydrogen) atoms. The molecular formula is C22H23NO2. The van der Waals surface area contributed by atoms with Crippen molar-refractivity contribution >= 4 is 22.4 Å². The molecule has 0 fully saturated rings. The average molecular weight is 333 g/mol. The van der Waals surface area contributed by atoms with Crippen LogP contribution in [0, 0.1) is 0 Å². The van der Waals surface area contributed by atoms with Crippen molar-refractivity contribution < 1.29 is 9.53 Å². The maximum Gasteiger partial charge on any atom is 0.259 e. The number of fused-ring (bicyclic) bond motifs is 1. The van der Waals surface area contributed by atoms with E-state index in [4.69, 9.17) is 4.74 Å². The fraction of sp³-hybridized carbons (Fsp3) is 0.227. The second kappa shape index (κ2) is 7.84. The molecule has 0 aliphatic rings. The summed E-state index contributed by atoms with van der Waals surface area (Å²) in [5.41, 5.74) is 2.62. The number of rotatable bonds is 6. The first-order valence-corrected chi connectivity index (χ1v) is 8.68. The standard InChI is InChI=1S/C22H23NO2/c1-3-4-7-16-10-12-19(13-11-16)23-22(24)20-14-17-8-5-6-9-18(17)15-21(20)25-2/h5-6,8-15H,3-4,7H2,1-2H3,(H,23,24). The number of carbonyl (C=O) groups excluding carboxylic acids is 1. The Morgan fingerprint density at radius 2 is 1.68 bits per heavy atom. The third-order valence-corrected chi connectivity index (χ3v) is 4.34. The third kappa shape index (κ3) is 4.00. The fourth-order valence-corrected chi connectivity index (χ4v) is 2.90. The van der Waals surface area contributed by atoms with Crippen LogP contribution < -0.4 is 10.1 Å². The maximum absolute atomic E-state index is 12.7. The Bertz CT molecular complexity index is 869. The van der Waals surface area contributed by atoms with Crippen LogP contribution in [0.4, 0.5) is 5.69 Å². The molecule has 128 valence electrons. The second-order valence-corrected chi connectivity index (χ2v) is 6.15. The van der Waals surface area contributed by atoms with Crippen LogP contribution in [0.15, 0.2) is 60.7 Å². The predicted molar refractivity (Wildman–Crippen MR) is 104 cm³/mol. The lowest BCUT2D eigenvalue weighted by Gasteiger charge is -2.11. The van der Waals surface area contributed by atoms with E-state index in [-0.39, 0.29) is 5.91 Å². The van der Waals surface area contributed by atoms with Crippen molar-refractivity contribution in [2.75, 3.05) is 12.4 Å². The molecular weight excluding hydrogens is 310 g/mol. The van der Waals surface area contributed by atoms with Gasteiger partial charge >= 0.3 is 0 Å². The highest BCUT2D eigenvalue weighted by Crippen LogP contribution is 2.26. The molecule has 3 aromatic rings. The molecule has 0 saturated heterocycles. The first-order valence-electron chi connectivity index (χ1n) is 8.68. The molecule has 3 rings (SSSR count). The van der Waals surface area contributed by atoms with Gasteiger partial charge in [0.15, 0.2) is 0 Å². The number of benzene rings is 3. The maximum atomic E-state index is 12.7. The summed E-state index contributed by atoms with van der Waals surface area (Å²) in [7, 11) is 1.59. The molecule has 0 bridgehead atoms. The zero-order valence-corrected chi connectivity index (χ0v) is 14.7. The van der Waals surface area contributed by atoms with Crippen molar-refractivity contribution in [3.8, 4) is 5.75 Å². The van der Waals surface area contributed by atoms with Crippen LogP contribution in [0.5, 0.6) is 5.75 Å². The van der Waals surface area contributed by atoms with Crippen LogP contribution >= 0.6 is 0 Å². The summed E-state index contributed by atoms with van der Waals surface area (Å²) in [6, 6.07) is 19.8. The molecule has 0 atom stereocenters. The van der Waals surface area contributed by atoms with Crippen molar-refractivity contribution in [3.63, 3.8) is 0 Å². The van der Waals surface area contributed by atoms with Crippen molar-refractivity contribution in [1.82, 2.24) is 0 Å². The largest absolute Gasteiger partial charge is 0.496 e. The first-order chi connectivity index (χ1) is 12.2. The molecule has 3 aromatic carbocycles. The molecule has 0 radical (unpaired) electrons. The Labute approximate surface area is 148 Å². The zero-order chi connectivity index (χ0) is 17.6. The van der Waals surface area contributed by atoms with Crippen LogP contribution in [0.2, 0.25) is 0 Å². The van der Waals surface area contributed by atoms with E-state index in [1.54, 1.807) is 7.11 Å². The van der Waals surface area contributed by atoms with E-state index in [2.05, 4.69) is 24.4 Å². The van der Waals surface area contributed by atoms with Crippen LogP contribution in [0.1, 0.15) is 35.7 Å². The van der Waals surface area contributed by atoms with Gasteiger partial charge in [0.05, 0.1) is 12.7 Å². The average Bonchev–Trinajstić information content (AvgIpc) is 2.66. The van der Waals surface area contributed by atoms with E-state index < -0.39 is 0 Å². The minimum atomic E-state index is -0.163. The highest BCUT2D eigenvalue weighted by molar-refractivity contribution is 6.08. The van der Waals surface area contributed by atoms with Crippen molar-refractivity contribution in [2.24, 2.45) is 0 Å². The predicted octanol–water partition coefficient (Wildman–Crippen LogP) is 5.44. The van der Waals surface area contributed by atoms with Gasteiger partial charge in [0.1, 0.15) is 5.75 Å².